The normalized spacial score (nSPS) is 13.6. The lowest BCUT2D eigenvalue weighted by molar-refractivity contribution is -0.135. The molecule has 126 valence electrons. The van der Waals surface area contributed by atoms with Gasteiger partial charge in [0.1, 0.15) is 6.54 Å². The Morgan fingerprint density at radius 1 is 1.33 bits per heavy atom. The van der Waals surface area contributed by atoms with E-state index in [1.807, 2.05) is 0 Å². The molecule has 0 saturated heterocycles. The minimum atomic E-state index is -0.263. The third-order valence-electron chi connectivity index (χ3n) is 3.58. The van der Waals surface area contributed by atoms with Gasteiger partial charge in [0.15, 0.2) is 0 Å². The Morgan fingerprint density at radius 3 is 2.71 bits per heavy atom. The smallest absolute Gasteiger partial charge is 0.246 e. The molecule has 0 unspecified atom stereocenters. The van der Waals surface area contributed by atoms with E-state index >= 15 is 0 Å². The SMILES string of the molecule is CN(CC(=O)NC1CC1)C(=O)Cn1nnc(-c2ccc(Cl)cc2)n1. The zero-order chi connectivity index (χ0) is 17.1. The lowest BCUT2D eigenvalue weighted by Crippen LogP contribution is -2.40. The minimum Gasteiger partial charge on any atom is -0.352 e. The molecule has 0 spiro atoms. The average molecular weight is 349 g/mol. The highest BCUT2D eigenvalue weighted by molar-refractivity contribution is 6.30. The number of nitrogens with zero attached hydrogens (tertiary/aromatic N) is 5. The molecule has 1 heterocycles. The van der Waals surface area contributed by atoms with Crippen molar-refractivity contribution >= 4 is 23.4 Å². The lowest BCUT2D eigenvalue weighted by atomic mass is 10.2. The number of hydrogen-bond donors (Lipinski definition) is 1. The van der Waals surface area contributed by atoms with Crippen LogP contribution in [0.2, 0.25) is 5.02 Å². The number of aromatic nitrogens is 4. The van der Waals surface area contributed by atoms with Crippen LogP contribution in [0.25, 0.3) is 11.4 Å². The van der Waals surface area contributed by atoms with E-state index in [9.17, 15) is 9.59 Å². The Bertz CT molecular complexity index is 741. The van der Waals surface area contributed by atoms with E-state index in [1.54, 1.807) is 31.3 Å². The molecular formula is C15H17ClN6O2. The van der Waals surface area contributed by atoms with Gasteiger partial charge in [0.05, 0.1) is 6.54 Å². The van der Waals surface area contributed by atoms with Gasteiger partial charge in [-0.1, -0.05) is 11.6 Å². The van der Waals surface area contributed by atoms with Gasteiger partial charge in [-0.2, -0.15) is 4.80 Å². The van der Waals surface area contributed by atoms with Crippen molar-refractivity contribution in [3.8, 4) is 11.4 Å². The first kappa shape index (κ1) is 16.4. The van der Waals surface area contributed by atoms with Crippen LogP contribution in [0.4, 0.5) is 0 Å². The summed E-state index contributed by atoms with van der Waals surface area (Å²) in [4.78, 5) is 26.4. The second kappa shape index (κ2) is 6.96. The van der Waals surface area contributed by atoms with Gasteiger partial charge < -0.3 is 10.2 Å². The van der Waals surface area contributed by atoms with Crippen molar-refractivity contribution < 1.29 is 9.59 Å². The van der Waals surface area contributed by atoms with Gasteiger partial charge in [0.25, 0.3) is 0 Å². The molecule has 1 fully saturated rings. The van der Waals surface area contributed by atoms with E-state index in [1.165, 1.54) is 9.70 Å². The maximum absolute atomic E-state index is 12.1. The molecule has 0 atom stereocenters. The number of carbonyl (C=O) groups is 2. The highest BCUT2D eigenvalue weighted by Crippen LogP contribution is 2.18. The minimum absolute atomic E-state index is 0.0219. The molecule has 0 aliphatic heterocycles. The van der Waals surface area contributed by atoms with Crippen LogP contribution < -0.4 is 5.32 Å². The van der Waals surface area contributed by atoms with Gasteiger partial charge in [-0.25, -0.2) is 0 Å². The molecule has 2 aromatic rings. The molecule has 1 aromatic carbocycles. The number of nitrogens with one attached hydrogen (secondary N) is 1. The highest BCUT2D eigenvalue weighted by atomic mass is 35.5. The Hall–Kier alpha value is -2.48. The van der Waals surface area contributed by atoms with Gasteiger partial charge >= 0.3 is 0 Å². The number of tetrazole rings is 1. The molecule has 3 rings (SSSR count). The zero-order valence-corrected chi connectivity index (χ0v) is 13.9. The molecule has 24 heavy (non-hydrogen) atoms. The number of carbonyl (C=O) groups excluding carboxylic acids is 2. The van der Waals surface area contributed by atoms with Crippen molar-refractivity contribution in [2.24, 2.45) is 0 Å². The summed E-state index contributed by atoms with van der Waals surface area (Å²) in [7, 11) is 1.58. The molecule has 1 saturated carbocycles. The number of benzene rings is 1. The number of rotatable bonds is 6. The predicted molar refractivity (Wildman–Crippen MR) is 87.1 cm³/mol. The fourth-order valence-corrected chi connectivity index (χ4v) is 2.20. The van der Waals surface area contributed by atoms with Crippen molar-refractivity contribution in [3.63, 3.8) is 0 Å². The van der Waals surface area contributed by atoms with Crippen molar-refractivity contribution in [1.29, 1.82) is 0 Å². The molecule has 1 N–H and O–H groups in total. The molecule has 8 nitrogen and oxygen atoms in total. The van der Waals surface area contributed by atoms with Crippen LogP contribution >= 0.6 is 11.6 Å². The quantitative estimate of drug-likeness (QED) is 0.830. The van der Waals surface area contributed by atoms with Crippen LogP contribution in [0.5, 0.6) is 0 Å². The van der Waals surface area contributed by atoms with Crippen LogP contribution in [-0.4, -0.2) is 56.6 Å². The maximum atomic E-state index is 12.1. The van der Waals surface area contributed by atoms with Gasteiger partial charge in [-0.05, 0) is 42.3 Å². The molecule has 2 amide bonds. The van der Waals surface area contributed by atoms with Gasteiger partial charge in [-0.3, -0.25) is 9.59 Å². The van der Waals surface area contributed by atoms with Crippen molar-refractivity contribution in [2.75, 3.05) is 13.6 Å². The van der Waals surface area contributed by atoms with Crippen molar-refractivity contribution in [3.05, 3.63) is 29.3 Å². The summed E-state index contributed by atoms with van der Waals surface area (Å²) in [5.41, 5.74) is 0.760. The summed E-state index contributed by atoms with van der Waals surface area (Å²) >= 11 is 5.84. The first-order chi connectivity index (χ1) is 11.5. The van der Waals surface area contributed by atoms with E-state index < -0.39 is 0 Å². The summed E-state index contributed by atoms with van der Waals surface area (Å²) in [6, 6.07) is 7.30. The number of halogens is 1. The monoisotopic (exact) mass is 348 g/mol. The van der Waals surface area contributed by atoms with E-state index in [4.69, 9.17) is 11.6 Å². The van der Waals surface area contributed by atoms with Crippen LogP contribution in [0, 0.1) is 0 Å². The Morgan fingerprint density at radius 2 is 2.04 bits per heavy atom. The van der Waals surface area contributed by atoms with Crippen molar-refractivity contribution in [1.82, 2.24) is 30.4 Å². The highest BCUT2D eigenvalue weighted by Gasteiger charge is 2.24. The first-order valence-corrected chi connectivity index (χ1v) is 7.96. The van der Waals surface area contributed by atoms with Gasteiger partial charge in [0.2, 0.25) is 17.6 Å². The average Bonchev–Trinajstić information content (AvgIpc) is 3.23. The first-order valence-electron chi connectivity index (χ1n) is 7.58. The second-order valence-electron chi connectivity index (χ2n) is 5.74. The number of amides is 2. The van der Waals surface area contributed by atoms with Gasteiger partial charge in [0, 0.05) is 23.7 Å². The summed E-state index contributed by atoms with van der Waals surface area (Å²) < 4.78 is 0. The molecule has 1 aromatic heterocycles. The Labute approximate surface area is 143 Å². The lowest BCUT2D eigenvalue weighted by Gasteiger charge is -2.16. The summed E-state index contributed by atoms with van der Waals surface area (Å²) in [6.45, 7) is -0.0537. The van der Waals surface area contributed by atoms with Crippen LogP contribution in [0.1, 0.15) is 12.8 Å². The standard InChI is InChI=1S/C15H17ClN6O2/c1-21(8-13(23)17-12-6-7-12)14(24)9-22-19-15(18-20-22)10-2-4-11(16)5-3-10/h2-5,12H,6-9H2,1H3,(H,17,23). The number of hydrogen-bond acceptors (Lipinski definition) is 5. The third kappa shape index (κ3) is 4.29. The fourth-order valence-electron chi connectivity index (χ4n) is 2.07. The predicted octanol–water partition coefficient (Wildman–Crippen LogP) is 0.730. The second-order valence-corrected chi connectivity index (χ2v) is 6.18. The molecule has 9 heteroatoms. The van der Waals surface area contributed by atoms with Crippen LogP contribution in [0.3, 0.4) is 0 Å². The molecule has 1 aliphatic carbocycles. The Kier molecular flexibility index (Phi) is 4.75. The topological polar surface area (TPSA) is 93.0 Å². The summed E-state index contributed by atoms with van der Waals surface area (Å²) in [6.07, 6.45) is 2.03. The van der Waals surface area contributed by atoms with Gasteiger partial charge in [-0.15, -0.1) is 10.2 Å². The molecule has 1 aliphatic rings. The van der Waals surface area contributed by atoms with Crippen LogP contribution in [-0.2, 0) is 16.1 Å². The Balaban J connectivity index is 1.56. The van der Waals surface area contributed by atoms with Crippen molar-refractivity contribution in [2.45, 2.75) is 25.4 Å². The molecule has 0 radical (unpaired) electrons. The van der Waals surface area contributed by atoms with Crippen LogP contribution in [0.15, 0.2) is 24.3 Å². The number of likely N-dealkylation sites (N-methyl/N-ethyl adjacent to an activating group) is 1. The maximum Gasteiger partial charge on any atom is 0.246 e. The zero-order valence-electron chi connectivity index (χ0n) is 13.1. The molecule has 0 bridgehead atoms. The summed E-state index contributed by atoms with van der Waals surface area (Å²) in [5, 5.41) is 15.4. The third-order valence-corrected chi connectivity index (χ3v) is 3.83. The fraction of sp³-hybridized carbons (Fsp3) is 0.400. The summed E-state index contributed by atoms with van der Waals surface area (Å²) in [5.74, 6) is -0.00338. The van der Waals surface area contributed by atoms with E-state index in [2.05, 4.69) is 20.7 Å². The molecular weight excluding hydrogens is 332 g/mol. The van der Waals surface area contributed by atoms with E-state index in [-0.39, 0.29) is 30.9 Å². The largest absolute Gasteiger partial charge is 0.352 e. The van der Waals surface area contributed by atoms with E-state index in [0.29, 0.717) is 10.8 Å². The van der Waals surface area contributed by atoms with E-state index in [0.717, 1.165) is 18.4 Å².